The summed E-state index contributed by atoms with van der Waals surface area (Å²) in [6.45, 7) is 1.71. The van der Waals surface area contributed by atoms with Gasteiger partial charge in [-0.05, 0) is 42.8 Å². The lowest BCUT2D eigenvalue weighted by Crippen LogP contribution is -2.14. The Bertz CT molecular complexity index is 717. The fourth-order valence-electron chi connectivity index (χ4n) is 1.45. The fourth-order valence-corrected chi connectivity index (χ4v) is 2.67. The molecule has 1 heterocycles. The molecule has 19 heavy (non-hydrogen) atoms. The molecule has 0 saturated heterocycles. The van der Waals surface area contributed by atoms with Crippen molar-refractivity contribution in [3.05, 3.63) is 47.1 Å². The molecule has 0 saturated carbocycles. The summed E-state index contributed by atoms with van der Waals surface area (Å²) in [7, 11) is -3.81. The van der Waals surface area contributed by atoms with Gasteiger partial charge in [-0.15, -0.1) is 0 Å². The summed E-state index contributed by atoms with van der Waals surface area (Å²) in [5.41, 5.74) is 0.648. The van der Waals surface area contributed by atoms with E-state index in [0.29, 0.717) is 10.6 Å². The minimum Gasteiger partial charge on any atom is -0.504 e. The van der Waals surface area contributed by atoms with Crippen LogP contribution >= 0.6 is 11.6 Å². The molecule has 0 aliphatic heterocycles. The predicted molar refractivity (Wildman–Crippen MR) is 72.9 cm³/mol. The van der Waals surface area contributed by atoms with Crippen LogP contribution in [0.4, 0.5) is 5.82 Å². The molecule has 0 spiro atoms. The third-order valence-electron chi connectivity index (χ3n) is 2.46. The normalized spacial score (nSPS) is 11.3. The summed E-state index contributed by atoms with van der Waals surface area (Å²) < 4.78 is 26.4. The number of nitrogens with one attached hydrogen (secondary N) is 1. The first-order chi connectivity index (χ1) is 8.90. The smallest absolute Gasteiger partial charge is 0.263 e. The summed E-state index contributed by atoms with van der Waals surface area (Å²) in [4.78, 5) is 3.82. The van der Waals surface area contributed by atoms with Gasteiger partial charge in [-0.2, -0.15) is 0 Å². The molecule has 0 unspecified atom stereocenters. The van der Waals surface area contributed by atoms with Crippen molar-refractivity contribution in [3.8, 4) is 5.75 Å². The number of anilines is 1. The van der Waals surface area contributed by atoms with Gasteiger partial charge in [0.15, 0.2) is 11.6 Å². The third kappa shape index (κ3) is 2.97. The zero-order valence-corrected chi connectivity index (χ0v) is 11.5. The van der Waals surface area contributed by atoms with Gasteiger partial charge in [0.25, 0.3) is 10.0 Å². The molecule has 2 N–H and O–H groups in total. The number of benzene rings is 1. The number of aryl methyl sites for hydroxylation is 1. The molecule has 0 radical (unpaired) electrons. The van der Waals surface area contributed by atoms with Gasteiger partial charge in [0, 0.05) is 11.2 Å². The Morgan fingerprint density at radius 2 is 2.05 bits per heavy atom. The van der Waals surface area contributed by atoms with E-state index in [4.69, 9.17) is 11.6 Å². The van der Waals surface area contributed by atoms with Crippen LogP contribution in [0.2, 0.25) is 5.02 Å². The van der Waals surface area contributed by atoms with Crippen LogP contribution < -0.4 is 4.72 Å². The Morgan fingerprint density at radius 3 is 2.68 bits per heavy atom. The van der Waals surface area contributed by atoms with E-state index >= 15 is 0 Å². The number of pyridine rings is 1. The van der Waals surface area contributed by atoms with Gasteiger partial charge < -0.3 is 5.11 Å². The van der Waals surface area contributed by atoms with Crippen LogP contribution in [0.25, 0.3) is 0 Å². The van der Waals surface area contributed by atoms with E-state index in [-0.39, 0.29) is 16.5 Å². The standard InChI is InChI=1S/C12H11ClN2O3S/c1-8-7-9(4-5-10(8)13)19(17,18)15-12-11(16)3-2-6-14-12/h2-7,16H,1H3,(H,14,15). The Hall–Kier alpha value is -1.79. The maximum Gasteiger partial charge on any atom is 0.263 e. The molecule has 1 aromatic heterocycles. The molecule has 0 fully saturated rings. The lowest BCUT2D eigenvalue weighted by Gasteiger charge is -2.09. The highest BCUT2D eigenvalue weighted by Crippen LogP contribution is 2.24. The molecule has 0 bridgehead atoms. The van der Waals surface area contributed by atoms with Gasteiger partial charge in [-0.3, -0.25) is 4.72 Å². The highest BCUT2D eigenvalue weighted by atomic mass is 35.5. The van der Waals surface area contributed by atoms with Gasteiger partial charge in [-0.25, -0.2) is 13.4 Å². The van der Waals surface area contributed by atoms with E-state index in [9.17, 15) is 13.5 Å². The molecule has 0 aliphatic carbocycles. The van der Waals surface area contributed by atoms with Crippen molar-refractivity contribution in [2.24, 2.45) is 0 Å². The van der Waals surface area contributed by atoms with Crippen LogP contribution in [0.5, 0.6) is 5.75 Å². The Kier molecular flexibility index (Phi) is 3.64. The van der Waals surface area contributed by atoms with Crippen molar-refractivity contribution in [2.75, 3.05) is 4.72 Å². The van der Waals surface area contributed by atoms with E-state index in [1.54, 1.807) is 6.92 Å². The molecule has 0 atom stereocenters. The van der Waals surface area contributed by atoms with Crippen molar-refractivity contribution in [3.63, 3.8) is 0 Å². The maximum atomic E-state index is 12.1. The zero-order chi connectivity index (χ0) is 14.0. The lowest BCUT2D eigenvalue weighted by molar-refractivity contribution is 0.475. The minimum absolute atomic E-state index is 0.0550. The molecule has 7 heteroatoms. The lowest BCUT2D eigenvalue weighted by atomic mass is 10.2. The van der Waals surface area contributed by atoms with Gasteiger partial charge in [0.05, 0.1) is 4.90 Å². The number of aromatic nitrogens is 1. The fraction of sp³-hybridized carbons (Fsp3) is 0.0833. The average molecular weight is 299 g/mol. The summed E-state index contributed by atoms with van der Waals surface area (Å²) in [6.07, 6.45) is 1.38. The van der Waals surface area contributed by atoms with E-state index in [2.05, 4.69) is 9.71 Å². The molecule has 0 amide bonds. The van der Waals surface area contributed by atoms with Gasteiger partial charge >= 0.3 is 0 Å². The highest BCUT2D eigenvalue weighted by Gasteiger charge is 2.17. The largest absolute Gasteiger partial charge is 0.504 e. The monoisotopic (exact) mass is 298 g/mol. The number of hydrogen-bond acceptors (Lipinski definition) is 4. The van der Waals surface area contributed by atoms with Crippen molar-refractivity contribution < 1.29 is 13.5 Å². The van der Waals surface area contributed by atoms with Crippen molar-refractivity contribution in [1.29, 1.82) is 0 Å². The minimum atomic E-state index is -3.81. The summed E-state index contributed by atoms with van der Waals surface area (Å²) in [5.74, 6) is -0.355. The maximum absolute atomic E-state index is 12.1. The molecular weight excluding hydrogens is 288 g/mol. The summed E-state index contributed by atoms with van der Waals surface area (Å²) in [5, 5.41) is 9.99. The van der Waals surface area contributed by atoms with Gasteiger partial charge in [0.1, 0.15) is 0 Å². The first kappa shape index (κ1) is 13.6. The Morgan fingerprint density at radius 1 is 1.32 bits per heavy atom. The van der Waals surface area contributed by atoms with E-state index in [1.165, 1.54) is 36.5 Å². The number of nitrogens with zero attached hydrogens (tertiary/aromatic N) is 1. The van der Waals surface area contributed by atoms with Gasteiger partial charge in [0.2, 0.25) is 0 Å². The molecule has 2 aromatic rings. The van der Waals surface area contributed by atoms with E-state index < -0.39 is 10.0 Å². The number of aromatic hydroxyl groups is 1. The SMILES string of the molecule is Cc1cc(S(=O)(=O)Nc2ncccc2O)ccc1Cl. The number of sulfonamides is 1. The van der Waals surface area contributed by atoms with E-state index in [1.807, 2.05) is 0 Å². The Balaban J connectivity index is 2.38. The second-order valence-electron chi connectivity index (χ2n) is 3.89. The molecule has 5 nitrogen and oxygen atoms in total. The van der Waals surface area contributed by atoms with Crippen LogP contribution in [-0.2, 0) is 10.0 Å². The topological polar surface area (TPSA) is 79.3 Å². The number of hydrogen-bond donors (Lipinski definition) is 2. The van der Waals surface area contributed by atoms with Crippen LogP contribution in [0, 0.1) is 6.92 Å². The van der Waals surface area contributed by atoms with Crippen LogP contribution in [0.3, 0.4) is 0 Å². The van der Waals surface area contributed by atoms with Crippen molar-refractivity contribution >= 4 is 27.4 Å². The first-order valence-electron chi connectivity index (χ1n) is 5.33. The Labute approximate surface area is 115 Å². The average Bonchev–Trinajstić information content (AvgIpc) is 2.35. The molecule has 2 rings (SSSR count). The molecule has 100 valence electrons. The second-order valence-corrected chi connectivity index (χ2v) is 5.98. The van der Waals surface area contributed by atoms with E-state index in [0.717, 1.165) is 0 Å². The van der Waals surface area contributed by atoms with Crippen LogP contribution in [0.15, 0.2) is 41.4 Å². The predicted octanol–water partition coefficient (Wildman–Crippen LogP) is 2.55. The quantitative estimate of drug-likeness (QED) is 0.912. The summed E-state index contributed by atoms with van der Waals surface area (Å²) in [6, 6.07) is 7.18. The van der Waals surface area contributed by atoms with Crippen molar-refractivity contribution in [1.82, 2.24) is 4.98 Å². The molecule has 0 aliphatic rings. The number of rotatable bonds is 3. The highest BCUT2D eigenvalue weighted by molar-refractivity contribution is 7.92. The van der Waals surface area contributed by atoms with Crippen molar-refractivity contribution in [2.45, 2.75) is 11.8 Å². The zero-order valence-electron chi connectivity index (χ0n) is 9.96. The second kappa shape index (κ2) is 5.07. The molecule has 1 aromatic carbocycles. The van der Waals surface area contributed by atoms with Crippen LogP contribution in [0.1, 0.15) is 5.56 Å². The van der Waals surface area contributed by atoms with Crippen LogP contribution in [-0.4, -0.2) is 18.5 Å². The molecular formula is C12H11ClN2O3S. The number of halogens is 1. The van der Waals surface area contributed by atoms with Gasteiger partial charge in [-0.1, -0.05) is 11.6 Å². The first-order valence-corrected chi connectivity index (χ1v) is 7.19. The summed E-state index contributed by atoms with van der Waals surface area (Å²) >= 11 is 5.85. The third-order valence-corrected chi connectivity index (χ3v) is 4.22.